The smallest absolute Gasteiger partial charge is 0.243 e. The monoisotopic (exact) mass is 382 g/mol. The van der Waals surface area contributed by atoms with Gasteiger partial charge in [-0.25, -0.2) is 8.42 Å². The first-order valence-electron chi connectivity index (χ1n) is 6.35. The third kappa shape index (κ3) is 3.36. The molecule has 1 fully saturated rings. The van der Waals surface area contributed by atoms with E-state index in [1.54, 1.807) is 10.4 Å². The highest BCUT2D eigenvalue weighted by Gasteiger charge is 2.35. The number of aryl methyl sites for hydroxylation is 1. The Kier molecular flexibility index (Phi) is 6.04. The zero-order valence-corrected chi connectivity index (χ0v) is 15.0. The predicted molar refractivity (Wildman–Crippen MR) is 86.9 cm³/mol. The summed E-state index contributed by atoms with van der Waals surface area (Å²) in [5.41, 5.74) is 0.779. The molecule has 0 aromatic heterocycles. The van der Waals surface area contributed by atoms with Crippen molar-refractivity contribution in [2.24, 2.45) is 0 Å². The number of hydrogen-bond acceptors (Lipinski definition) is 3. The molecular weight excluding hydrogens is 364 g/mol. The van der Waals surface area contributed by atoms with Crippen molar-refractivity contribution < 1.29 is 8.42 Å². The Balaban J connectivity index is 0.00000200. The molecule has 1 N–H and O–H groups in total. The molecule has 114 valence electrons. The summed E-state index contributed by atoms with van der Waals surface area (Å²) >= 11 is 3.34. The number of hydrogen-bond donors (Lipinski definition) is 1. The number of nitrogens with zero attached hydrogens (tertiary/aromatic N) is 1. The molecule has 2 rings (SSSR count). The van der Waals surface area contributed by atoms with Crippen LogP contribution in [0.15, 0.2) is 27.6 Å². The van der Waals surface area contributed by atoms with Crippen molar-refractivity contribution >= 4 is 38.4 Å². The molecule has 1 aliphatic rings. The van der Waals surface area contributed by atoms with Crippen LogP contribution in [0.1, 0.15) is 19.4 Å². The standard InChI is InChI=1S/C13H19BrN2O2S.ClH/c1-9-4-5-12(14)8-13(9)19(17,18)16-7-6-15-10(2)11(16)3;/h4-5,8,10-11,15H,6-7H2,1-3H3;1H. The van der Waals surface area contributed by atoms with Crippen molar-refractivity contribution in [3.05, 3.63) is 28.2 Å². The van der Waals surface area contributed by atoms with Gasteiger partial charge in [-0.3, -0.25) is 0 Å². The zero-order valence-electron chi connectivity index (χ0n) is 11.8. The Morgan fingerprint density at radius 2 is 2.00 bits per heavy atom. The van der Waals surface area contributed by atoms with Crippen LogP contribution >= 0.6 is 28.3 Å². The first-order valence-corrected chi connectivity index (χ1v) is 8.58. The van der Waals surface area contributed by atoms with Gasteiger partial charge >= 0.3 is 0 Å². The van der Waals surface area contributed by atoms with Gasteiger partial charge in [0.15, 0.2) is 0 Å². The quantitative estimate of drug-likeness (QED) is 0.854. The van der Waals surface area contributed by atoms with E-state index in [9.17, 15) is 8.42 Å². The van der Waals surface area contributed by atoms with E-state index in [1.165, 1.54) is 0 Å². The number of rotatable bonds is 2. The topological polar surface area (TPSA) is 49.4 Å². The molecule has 1 saturated heterocycles. The Morgan fingerprint density at radius 3 is 2.65 bits per heavy atom. The minimum absolute atomic E-state index is 0. The molecule has 0 bridgehead atoms. The summed E-state index contributed by atoms with van der Waals surface area (Å²) in [6, 6.07) is 5.49. The average molecular weight is 384 g/mol. The maximum absolute atomic E-state index is 12.8. The Bertz CT molecular complexity index is 580. The van der Waals surface area contributed by atoms with E-state index < -0.39 is 10.0 Å². The summed E-state index contributed by atoms with van der Waals surface area (Å²) < 4.78 is 28.0. The lowest BCUT2D eigenvalue weighted by molar-refractivity contribution is 0.233. The Labute approximate surface area is 135 Å². The number of benzene rings is 1. The number of sulfonamides is 1. The Hall–Kier alpha value is -0.140. The third-order valence-corrected chi connectivity index (χ3v) is 6.33. The maximum atomic E-state index is 12.8. The van der Waals surface area contributed by atoms with Gasteiger partial charge in [-0.1, -0.05) is 22.0 Å². The fraction of sp³-hybridized carbons (Fsp3) is 0.538. The van der Waals surface area contributed by atoms with Gasteiger partial charge in [0.25, 0.3) is 0 Å². The van der Waals surface area contributed by atoms with Crippen molar-refractivity contribution in [3.8, 4) is 0 Å². The molecule has 0 amide bonds. The highest BCUT2D eigenvalue weighted by atomic mass is 79.9. The van der Waals surface area contributed by atoms with Crippen LogP contribution in [0.3, 0.4) is 0 Å². The van der Waals surface area contributed by atoms with E-state index >= 15 is 0 Å². The SMILES string of the molecule is Cc1ccc(Br)cc1S(=O)(=O)N1CCNC(C)C1C.Cl. The summed E-state index contributed by atoms with van der Waals surface area (Å²) in [5.74, 6) is 0. The van der Waals surface area contributed by atoms with Crippen molar-refractivity contribution in [1.82, 2.24) is 9.62 Å². The van der Waals surface area contributed by atoms with Gasteiger partial charge in [-0.2, -0.15) is 4.31 Å². The van der Waals surface area contributed by atoms with E-state index in [4.69, 9.17) is 0 Å². The predicted octanol–water partition coefficient (Wildman–Crippen LogP) is 2.55. The molecule has 1 aliphatic heterocycles. The largest absolute Gasteiger partial charge is 0.311 e. The molecular formula is C13H20BrClN2O2S. The minimum Gasteiger partial charge on any atom is -0.311 e. The van der Waals surface area contributed by atoms with Crippen LogP contribution in [0, 0.1) is 6.92 Å². The lowest BCUT2D eigenvalue weighted by Crippen LogP contribution is -2.57. The molecule has 4 nitrogen and oxygen atoms in total. The molecule has 0 saturated carbocycles. The molecule has 0 aliphatic carbocycles. The van der Waals surface area contributed by atoms with Gasteiger partial charge in [0, 0.05) is 29.6 Å². The fourth-order valence-corrected chi connectivity index (χ4v) is 4.81. The summed E-state index contributed by atoms with van der Waals surface area (Å²) in [4.78, 5) is 0.392. The average Bonchev–Trinajstić information content (AvgIpc) is 2.35. The van der Waals surface area contributed by atoms with E-state index in [0.29, 0.717) is 18.0 Å². The lowest BCUT2D eigenvalue weighted by Gasteiger charge is -2.37. The minimum atomic E-state index is -3.43. The summed E-state index contributed by atoms with van der Waals surface area (Å²) in [7, 11) is -3.43. The number of piperazine rings is 1. The van der Waals surface area contributed by atoms with Crippen LogP contribution in [-0.4, -0.2) is 37.9 Å². The number of halogens is 2. The van der Waals surface area contributed by atoms with E-state index in [-0.39, 0.29) is 24.5 Å². The van der Waals surface area contributed by atoms with Crippen LogP contribution in [0.2, 0.25) is 0 Å². The van der Waals surface area contributed by atoms with Gasteiger partial charge in [-0.05, 0) is 38.5 Å². The van der Waals surface area contributed by atoms with Gasteiger partial charge < -0.3 is 5.32 Å². The number of nitrogens with one attached hydrogen (secondary N) is 1. The zero-order chi connectivity index (χ0) is 14.2. The molecule has 20 heavy (non-hydrogen) atoms. The van der Waals surface area contributed by atoms with E-state index in [1.807, 2.05) is 32.9 Å². The second kappa shape index (κ2) is 6.75. The van der Waals surface area contributed by atoms with Crippen LogP contribution in [0.4, 0.5) is 0 Å². The van der Waals surface area contributed by atoms with Crippen molar-refractivity contribution in [3.63, 3.8) is 0 Å². The van der Waals surface area contributed by atoms with Gasteiger partial charge in [-0.15, -0.1) is 12.4 Å². The Morgan fingerprint density at radius 1 is 1.35 bits per heavy atom. The fourth-order valence-electron chi connectivity index (χ4n) is 2.34. The molecule has 0 radical (unpaired) electrons. The molecule has 2 unspecified atom stereocenters. The van der Waals surface area contributed by atoms with E-state index in [0.717, 1.165) is 10.0 Å². The maximum Gasteiger partial charge on any atom is 0.243 e. The highest BCUT2D eigenvalue weighted by Crippen LogP contribution is 2.26. The van der Waals surface area contributed by atoms with Gasteiger partial charge in [0.05, 0.1) is 4.90 Å². The second-order valence-electron chi connectivity index (χ2n) is 5.01. The van der Waals surface area contributed by atoms with Crippen LogP contribution in [0.5, 0.6) is 0 Å². The van der Waals surface area contributed by atoms with Gasteiger partial charge in [0.1, 0.15) is 0 Å². The summed E-state index contributed by atoms with van der Waals surface area (Å²) in [6.07, 6.45) is 0. The third-order valence-electron chi connectivity index (χ3n) is 3.71. The normalized spacial score (nSPS) is 24.2. The van der Waals surface area contributed by atoms with Crippen LogP contribution in [-0.2, 0) is 10.0 Å². The van der Waals surface area contributed by atoms with Crippen LogP contribution < -0.4 is 5.32 Å². The summed E-state index contributed by atoms with van der Waals surface area (Å²) in [5, 5.41) is 3.30. The molecule has 1 aromatic carbocycles. The van der Waals surface area contributed by atoms with Gasteiger partial charge in [0.2, 0.25) is 10.0 Å². The molecule has 1 heterocycles. The first-order chi connectivity index (χ1) is 8.84. The second-order valence-corrected chi connectivity index (χ2v) is 7.78. The molecule has 0 spiro atoms. The molecule has 7 heteroatoms. The van der Waals surface area contributed by atoms with Crippen molar-refractivity contribution in [2.75, 3.05) is 13.1 Å². The first kappa shape index (κ1) is 17.9. The highest BCUT2D eigenvalue weighted by molar-refractivity contribution is 9.10. The van der Waals surface area contributed by atoms with Crippen molar-refractivity contribution in [1.29, 1.82) is 0 Å². The van der Waals surface area contributed by atoms with Crippen LogP contribution in [0.25, 0.3) is 0 Å². The molecule has 2 atom stereocenters. The lowest BCUT2D eigenvalue weighted by atomic mass is 10.1. The molecule has 1 aromatic rings. The van der Waals surface area contributed by atoms with E-state index in [2.05, 4.69) is 21.2 Å². The van der Waals surface area contributed by atoms with Crippen molar-refractivity contribution in [2.45, 2.75) is 37.8 Å². The summed E-state index contributed by atoms with van der Waals surface area (Å²) in [6.45, 7) is 7.00.